The maximum Gasteiger partial charge on any atom is 0.243 e. The highest BCUT2D eigenvalue weighted by molar-refractivity contribution is 7.89. The first-order chi connectivity index (χ1) is 15.4. The molecule has 1 saturated carbocycles. The van der Waals surface area contributed by atoms with Gasteiger partial charge in [0.25, 0.3) is 0 Å². The van der Waals surface area contributed by atoms with Crippen LogP contribution in [0.3, 0.4) is 0 Å². The number of rotatable bonds is 4. The molecule has 0 spiro atoms. The zero-order valence-corrected chi connectivity index (χ0v) is 18.8. The molecule has 7 heteroatoms. The van der Waals surface area contributed by atoms with Gasteiger partial charge in [-0.15, -0.1) is 0 Å². The first-order valence-electron chi connectivity index (χ1n) is 11.0. The van der Waals surface area contributed by atoms with Crippen molar-refractivity contribution in [2.45, 2.75) is 42.7 Å². The highest BCUT2D eigenvalue weighted by atomic mass is 32.2. The van der Waals surface area contributed by atoms with Crippen LogP contribution in [-0.4, -0.2) is 60.4 Å². The lowest BCUT2D eigenvalue weighted by atomic mass is 9.74. The molecule has 6 nitrogen and oxygen atoms in total. The van der Waals surface area contributed by atoms with Crippen molar-refractivity contribution >= 4 is 15.9 Å². The van der Waals surface area contributed by atoms with Crippen molar-refractivity contribution < 1.29 is 18.3 Å². The molecule has 3 aliphatic rings. The molecule has 2 aromatic carbocycles. The minimum absolute atomic E-state index is 0.121. The van der Waals surface area contributed by atoms with Crippen molar-refractivity contribution in [3.8, 4) is 11.8 Å². The van der Waals surface area contributed by atoms with E-state index >= 15 is 0 Å². The third kappa shape index (κ3) is 3.62. The van der Waals surface area contributed by atoms with Crippen molar-refractivity contribution in [2.24, 2.45) is 5.92 Å². The molecule has 3 fully saturated rings. The molecular weight excluding hydrogens is 424 g/mol. The number of aliphatic hydroxyl groups is 1. The minimum Gasteiger partial charge on any atom is -0.394 e. The molecule has 32 heavy (non-hydrogen) atoms. The number of fused-ring (bicyclic) bond motifs is 1. The number of nitrogens with zero attached hydrogens (tertiary/aromatic N) is 2. The zero-order chi connectivity index (χ0) is 22.5. The first kappa shape index (κ1) is 21.2. The van der Waals surface area contributed by atoms with Gasteiger partial charge in [0.2, 0.25) is 15.9 Å². The summed E-state index contributed by atoms with van der Waals surface area (Å²) >= 11 is 0. The number of carbonyl (C=O) groups is 1. The average molecular weight is 451 g/mol. The zero-order valence-electron chi connectivity index (χ0n) is 17.9. The van der Waals surface area contributed by atoms with E-state index in [0.29, 0.717) is 11.5 Å². The summed E-state index contributed by atoms with van der Waals surface area (Å²) in [6, 6.07) is 14.1. The van der Waals surface area contributed by atoms with Gasteiger partial charge in [-0.05, 0) is 49.1 Å². The molecule has 3 atom stereocenters. The van der Waals surface area contributed by atoms with Crippen molar-refractivity contribution in [2.75, 3.05) is 19.7 Å². The van der Waals surface area contributed by atoms with Gasteiger partial charge in [-0.3, -0.25) is 4.79 Å². The minimum atomic E-state index is -3.79. The summed E-state index contributed by atoms with van der Waals surface area (Å²) in [4.78, 5) is 14.8. The Morgan fingerprint density at radius 3 is 2.47 bits per heavy atom. The molecule has 2 saturated heterocycles. The lowest BCUT2D eigenvalue weighted by Gasteiger charge is -2.58. The van der Waals surface area contributed by atoms with Crippen molar-refractivity contribution in [3.05, 3.63) is 65.2 Å². The molecule has 2 aliphatic heterocycles. The Morgan fingerprint density at radius 2 is 1.81 bits per heavy atom. The maximum atomic E-state index is 13.3. The number of benzene rings is 2. The molecule has 0 aromatic heterocycles. The van der Waals surface area contributed by atoms with Crippen LogP contribution in [0.4, 0.5) is 0 Å². The van der Waals surface area contributed by atoms with Gasteiger partial charge < -0.3 is 10.0 Å². The second kappa shape index (κ2) is 8.04. The Hall–Kier alpha value is -2.66. The van der Waals surface area contributed by atoms with Crippen molar-refractivity contribution in [1.29, 1.82) is 0 Å². The van der Waals surface area contributed by atoms with E-state index in [2.05, 4.69) is 11.8 Å². The summed E-state index contributed by atoms with van der Waals surface area (Å²) in [5, 5.41) is 9.97. The van der Waals surface area contributed by atoms with Gasteiger partial charge >= 0.3 is 0 Å². The van der Waals surface area contributed by atoms with E-state index in [-0.39, 0.29) is 48.5 Å². The van der Waals surface area contributed by atoms with Crippen LogP contribution >= 0.6 is 0 Å². The van der Waals surface area contributed by atoms with Crippen LogP contribution in [0.15, 0.2) is 53.4 Å². The predicted octanol–water partition coefficient (Wildman–Crippen LogP) is 2.12. The van der Waals surface area contributed by atoms with Gasteiger partial charge in [0.15, 0.2) is 0 Å². The fourth-order valence-electron chi connectivity index (χ4n) is 4.84. The predicted molar refractivity (Wildman–Crippen MR) is 120 cm³/mol. The van der Waals surface area contributed by atoms with Crippen molar-refractivity contribution in [3.63, 3.8) is 0 Å². The van der Waals surface area contributed by atoms with Crippen LogP contribution in [0.5, 0.6) is 0 Å². The summed E-state index contributed by atoms with van der Waals surface area (Å²) in [5.41, 5.74) is 2.59. The third-order valence-electron chi connectivity index (χ3n) is 6.73. The van der Waals surface area contributed by atoms with Crippen LogP contribution in [0.2, 0.25) is 0 Å². The Morgan fingerprint density at radius 1 is 1.09 bits per heavy atom. The van der Waals surface area contributed by atoms with E-state index in [1.807, 2.05) is 24.3 Å². The first-order valence-corrected chi connectivity index (χ1v) is 12.4. The maximum absolute atomic E-state index is 13.3. The van der Waals surface area contributed by atoms with E-state index in [1.165, 1.54) is 17.1 Å². The Kier molecular flexibility index (Phi) is 5.32. The molecule has 0 bridgehead atoms. The van der Waals surface area contributed by atoms with E-state index in [0.717, 1.165) is 11.1 Å². The standard InChI is InChI=1S/C25H26N2O4S/c1-17-4-2-3-5-23(17)32(30,31)26-14-21-25(22(16-28)27(21)24(29)15-26)20-12-10-19(11-13-20)9-8-18-6-7-18/h2-5,10-13,18,21-22,25,28H,6-7,14-16H2,1H3/t21-,22+,25-/m1/s1. The van der Waals surface area contributed by atoms with Gasteiger partial charge in [-0.25, -0.2) is 8.42 Å². The van der Waals surface area contributed by atoms with Crippen LogP contribution < -0.4 is 0 Å². The molecule has 2 aromatic rings. The van der Waals surface area contributed by atoms with E-state index in [1.54, 1.807) is 36.1 Å². The molecule has 1 amide bonds. The molecule has 5 rings (SSSR count). The monoisotopic (exact) mass is 450 g/mol. The molecule has 1 aliphatic carbocycles. The van der Waals surface area contributed by atoms with Gasteiger partial charge in [-0.1, -0.05) is 42.2 Å². The van der Waals surface area contributed by atoms with E-state index in [4.69, 9.17) is 0 Å². The quantitative estimate of drug-likeness (QED) is 0.724. The van der Waals surface area contributed by atoms with E-state index in [9.17, 15) is 18.3 Å². The van der Waals surface area contributed by atoms with E-state index < -0.39 is 10.0 Å². The number of carbonyl (C=O) groups excluding carboxylic acids is 1. The molecule has 2 heterocycles. The highest BCUT2D eigenvalue weighted by Gasteiger charge is 2.55. The van der Waals surface area contributed by atoms with Crippen LogP contribution in [-0.2, 0) is 14.8 Å². The normalized spacial score (nSPS) is 25.5. The lowest BCUT2D eigenvalue weighted by molar-refractivity contribution is -0.158. The summed E-state index contributed by atoms with van der Waals surface area (Å²) in [5.74, 6) is 6.59. The molecule has 0 radical (unpaired) electrons. The molecular formula is C25H26N2O4S. The number of amides is 1. The van der Waals surface area contributed by atoms with Crippen LogP contribution in [0.25, 0.3) is 0 Å². The van der Waals surface area contributed by atoms with Gasteiger partial charge in [0.05, 0.1) is 30.1 Å². The SMILES string of the molecule is Cc1ccccc1S(=O)(=O)N1CC(=O)N2[C@H](C1)[C@@H](c1ccc(C#CC3CC3)cc1)[C@@H]2CO. The third-order valence-corrected chi connectivity index (χ3v) is 8.70. The number of hydrogen-bond acceptors (Lipinski definition) is 4. The fourth-order valence-corrected chi connectivity index (χ4v) is 6.47. The average Bonchev–Trinajstić information content (AvgIpc) is 3.59. The van der Waals surface area contributed by atoms with Gasteiger partial charge in [0.1, 0.15) is 0 Å². The number of aliphatic hydroxyl groups excluding tert-OH is 1. The second-order valence-electron chi connectivity index (χ2n) is 8.87. The molecule has 0 unspecified atom stereocenters. The highest BCUT2D eigenvalue weighted by Crippen LogP contribution is 2.43. The largest absolute Gasteiger partial charge is 0.394 e. The number of hydrogen-bond donors (Lipinski definition) is 1. The summed E-state index contributed by atoms with van der Waals surface area (Å²) in [6.07, 6.45) is 2.36. The number of sulfonamides is 1. The summed E-state index contributed by atoms with van der Waals surface area (Å²) in [6.45, 7) is 1.62. The smallest absolute Gasteiger partial charge is 0.243 e. The second-order valence-corrected chi connectivity index (χ2v) is 10.8. The summed E-state index contributed by atoms with van der Waals surface area (Å²) in [7, 11) is -3.79. The molecule has 166 valence electrons. The fraction of sp³-hybridized carbons (Fsp3) is 0.400. The number of piperazine rings is 1. The van der Waals surface area contributed by atoms with Crippen molar-refractivity contribution in [1.82, 2.24) is 9.21 Å². The lowest BCUT2D eigenvalue weighted by Crippen LogP contribution is -2.73. The Bertz CT molecular complexity index is 1210. The Balaban J connectivity index is 1.41. The Labute approximate surface area is 188 Å². The van der Waals surface area contributed by atoms with Gasteiger partial charge in [0, 0.05) is 23.9 Å². The van der Waals surface area contributed by atoms with Gasteiger partial charge in [-0.2, -0.15) is 4.31 Å². The molecule has 1 N–H and O–H groups in total. The topological polar surface area (TPSA) is 77.9 Å². The summed E-state index contributed by atoms with van der Waals surface area (Å²) < 4.78 is 27.9. The van der Waals surface area contributed by atoms with Crippen LogP contribution in [0, 0.1) is 24.7 Å². The van der Waals surface area contributed by atoms with Crippen LogP contribution in [0.1, 0.15) is 35.4 Å². The number of aryl methyl sites for hydroxylation is 1.